The predicted molar refractivity (Wildman–Crippen MR) is 86.7 cm³/mol. The van der Waals surface area contributed by atoms with E-state index in [0.717, 1.165) is 32.2 Å². The van der Waals surface area contributed by atoms with E-state index in [1.165, 1.54) is 0 Å². The molecule has 124 valence electrons. The largest absolute Gasteiger partial charge is 0.338 e. The fraction of sp³-hybridized carbons (Fsp3) is 0.588. The van der Waals surface area contributed by atoms with Crippen molar-refractivity contribution in [3.8, 4) is 0 Å². The summed E-state index contributed by atoms with van der Waals surface area (Å²) in [5.74, 6) is 0.0635. The molecule has 23 heavy (non-hydrogen) atoms. The number of nitrogens with zero attached hydrogens (tertiary/aromatic N) is 3. The second kappa shape index (κ2) is 7.08. The Morgan fingerprint density at radius 1 is 1.17 bits per heavy atom. The van der Waals surface area contributed by atoms with Gasteiger partial charge in [-0.25, -0.2) is 0 Å². The van der Waals surface area contributed by atoms with Crippen LogP contribution in [-0.2, 0) is 4.79 Å². The third-order valence-corrected chi connectivity index (χ3v) is 4.92. The van der Waals surface area contributed by atoms with E-state index in [1.54, 1.807) is 29.4 Å². The van der Waals surface area contributed by atoms with Crippen LogP contribution < -0.4 is 5.73 Å². The van der Waals surface area contributed by atoms with Gasteiger partial charge in [-0.1, -0.05) is 0 Å². The molecule has 2 atom stereocenters. The SMILES string of the molecule is NCC1CCCN1C(=O)C1CCCN(C(=O)c2ccncc2)C1. The van der Waals surface area contributed by atoms with Crippen LogP contribution in [0.15, 0.2) is 24.5 Å². The van der Waals surface area contributed by atoms with Gasteiger partial charge in [0.1, 0.15) is 0 Å². The molecule has 2 amide bonds. The fourth-order valence-corrected chi connectivity index (χ4v) is 3.65. The monoisotopic (exact) mass is 316 g/mol. The van der Waals surface area contributed by atoms with Gasteiger partial charge in [-0.2, -0.15) is 0 Å². The Morgan fingerprint density at radius 2 is 1.91 bits per heavy atom. The van der Waals surface area contributed by atoms with Gasteiger partial charge >= 0.3 is 0 Å². The first-order chi connectivity index (χ1) is 11.2. The summed E-state index contributed by atoms with van der Waals surface area (Å²) in [6.07, 6.45) is 6.99. The number of pyridine rings is 1. The van der Waals surface area contributed by atoms with Crippen molar-refractivity contribution in [2.45, 2.75) is 31.7 Å². The molecule has 2 saturated heterocycles. The highest BCUT2D eigenvalue weighted by atomic mass is 16.2. The highest BCUT2D eigenvalue weighted by Gasteiger charge is 2.35. The summed E-state index contributed by atoms with van der Waals surface area (Å²) in [5.41, 5.74) is 6.41. The van der Waals surface area contributed by atoms with E-state index in [9.17, 15) is 9.59 Å². The Kier molecular flexibility index (Phi) is 4.91. The van der Waals surface area contributed by atoms with Crippen LogP contribution in [0.5, 0.6) is 0 Å². The van der Waals surface area contributed by atoms with E-state index in [2.05, 4.69) is 4.98 Å². The average molecular weight is 316 g/mol. The number of piperidine rings is 1. The fourth-order valence-electron chi connectivity index (χ4n) is 3.65. The van der Waals surface area contributed by atoms with Gasteiger partial charge in [0.2, 0.25) is 5.91 Å². The van der Waals surface area contributed by atoms with Crippen molar-refractivity contribution in [3.05, 3.63) is 30.1 Å². The molecule has 6 nitrogen and oxygen atoms in total. The Hall–Kier alpha value is -1.95. The molecule has 0 radical (unpaired) electrons. The highest BCUT2D eigenvalue weighted by molar-refractivity contribution is 5.94. The predicted octanol–water partition coefficient (Wildman–Crippen LogP) is 0.884. The van der Waals surface area contributed by atoms with E-state index in [0.29, 0.717) is 25.2 Å². The van der Waals surface area contributed by atoms with Crippen LogP contribution in [0, 0.1) is 5.92 Å². The van der Waals surface area contributed by atoms with Crippen molar-refractivity contribution < 1.29 is 9.59 Å². The molecule has 6 heteroatoms. The summed E-state index contributed by atoms with van der Waals surface area (Å²) in [5, 5.41) is 0. The van der Waals surface area contributed by atoms with Crippen molar-refractivity contribution in [2.75, 3.05) is 26.2 Å². The zero-order chi connectivity index (χ0) is 16.2. The molecule has 0 saturated carbocycles. The molecule has 2 aliphatic heterocycles. The van der Waals surface area contributed by atoms with Gasteiger partial charge in [0.05, 0.1) is 5.92 Å². The lowest BCUT2D eigenvalue weighted by atomic mass is 9.95. The summed E-state index contributed by atoms with van der Waals surface area (Å²) in [7, 11) is 0. The van der Waals surface area contributed by atoms with Gasteiger partial charge in [-0.3, -0.25) is 14.6 Å². The van der Waals surface area contributed by atoms with Crippen LogP contribution in [0.25, 0.3) is 0 Å². The highest BCUT2D eigenvalue weighted by Crippen LogP contribution is 2.25. The van der Waals surface area contributed by atoms with Gasteiger partial charge in [0, 0.05) is 50.2 Å². The van der Waals surface area contributed by atoms with Crippen LogP contribution in [-0.4, -0.2) is 58.8 Å². The zero-order valence-electron chi connectivity index (χ0n) is 13.4. The lowest BCUT2D eigenvalue weighted by Gasteiger charge is -2.35. The van der Waals surface area contributed by atoms with Crippen molar-refractivity contribution in [1.82, 2.24) is 14.8 Å². The molecule has 0 spiro atoms. The minimum atomic E-state index is -0.0957. The van der Waals surface area contributed by atoms with Crippen LogP contribution in [0.3, 0.4) is 0 Å². The third-order valence-electron chi connectivity index (χ3n) is 4.92. The molecule has 2 aliphatic rings. The van der Waals surface area contributed by atoms with Gasteiger partial charge in [-0.05, 0) is 37.8 Å². The molecular weight excluding hydrogens is 292 g/mol. The maximum absolute atomic E-state index is 12.8. The van der Waals surface area contributed by atoms with E-state index in [1.807, 2.05) is 4.90 Å². The lowest BCUT2D eigenvalue weighted by Crippen LogP contribution is -2.49. The molecule has 0 aromatic carbocycles. The summed E-state index contributed by atoms with van der Waals surface area (Å²) < 4.78 is 0. The number of hydrogen-bond acceptors (Lipinski definition) is 4. The Morgan fingerprint density at radius 3 is 2.65 bits per heavy atom. The molecule has 1 aromatic heterocycles. The zero-order valence-corrected chi connectivity index (χ0v) is 13.4. The Balaban J connectivity index is 1.66. The molecule has 0 aliphatic carbocycles. The van der Waals surface area contributed by atoms with E-state index < -0.39 is 0 Å². The maximum Gasteiger partial charge on any atom is 0.253 e. The number of aromatic nitrogens is 1. The second-order valence-electron chi connectivity index (χ2n) is 6.39. The van der Waals surface area contributed by atoms with Gasteiger partial charge in [0.15, 0.2) is 0 Å². The summed E-state index contributed by atoms with van der Waals surface area (Å²) in [4.78, 5) is 33.0. The van der Waals surface area contributed by atoms with Gasteiger partial charge in [-0.15, -0.1) is 0 Å². The number of rotatable bonds is 3. The molecular formula is C17H24N4O2. The first kappa shape index (κ1) is 15.9. The summed E-state index contributed by atoms with van der Waals surface area (Å²) in [6, 6.07) is 3.62. The quantitative estimate of drug-likeness (QED) is 0.898. The molecule has 0 bridgehead atoms. The van der Waals surface area contributed by atoms with Crippen LogP contribution in [0.1, 0.15) is 36.0 Å². The topological polar surface area (TPSA) is 79.5 Å². The smallest absolute Gasteiger partial charge is 0.253 e. The van der Waals surface area contributed by atoms with Crippen molar-refractivity contribution >= 4 is 11.8 Å². The molecule has 1 aromatic rings. The van der Waals surface area contributed by atoms with Crippen molar-refractivity contribution in [2.24, 2.45) is 11.7 Å². The standard InChI is InChI=1S/C17H24N4O2/c18-11-15-4-2-10-21(15)17(23)14-3-1-9-20(12-14)16(22)13-5-7-19-8-6-13/h5-8,14-15H,1-4,9-12,18H2. The van der Waals surface area contributed by atoms with Gasteiger partial charge in [0.25, 0.3) is 5.91 Å². The molecule has 2 fully saturated rings. The number of hydrogen-bond donors (Lipinski definition) is 1. The molecule has 2 N–H and O–H groups in total. The van der Waals surface area contributed by atoms with Gasteiger partial charge < -0.3 is 15.5 Å². The number of carbonyl (C=O) groups excluding carboxylic acids is 2. The molecule has 2 unspecified atom stereocenters. The first-order valence-electron chi connectivity index (χ1n) is 8.40. The van der Waals surface area contributed by atoms with Crippen LogP contribution in [0.4, 0.5) is 0 Å². The van der Waals surface area contributed by atoms with Crippen molar-refractivity contribution in [3.63, 3.8) is 0 Å². The lowest BCUT2D eigenvalue weighted by molar-refractivity contribution is -0.137. The number of likely N-dealkylation sites (tertiary alicyclic amines) is 2. The molecule has 3 rings (SSSR count). The normalized spacial score (nSPS) is 24.7. The van der Waals surface area contributed by atoms with Crippen molar-refractivity contribution in [1.29, 1.82) is 0 Å². The summed E-state index contributed by atoms with van der Waals surface area (Å²) in [6.45, 7) is 2.55. The van der Waals surface area contributed by atoms with E-state index in [-0.39, 0.29) is 23.8 Å². The van der Waals surface area contributed by atoms with Crippen LogP contribution >= 0.6 is 0 Å². The third kappa shape index (κ3) is 3.37. The Bertz CT molecular complexity index is 563. The van der Waals surface area contributed by atoms with Crippen LogP contribution in [0.2, 0.25) is 0 Å². The number of carbonyl (C=O) groups is 2. The van der Waals surface area contributed by atoms with E-state index >= 15 is 0 Å². The minimum absolute atomic E-state index is 0.0123. The minimum Gasteiger partial charge on any atom is -0.338 e. The second-order valence-corrected chi connectivity index (χ2v) is 6.39. The summed E-state index contributed by atoms with van der Waals surface area (Å²) >= 11 is 0. The number of nitrogens with two attached hydrogens (primary N) is 1. The van der Waals surface area contributed by atoms with E-state index in [4.69, 9.17) is 5.73 Å². The average Bonchev–Trinajstić information content (AvgIpc) is 3.10. The maximum atomic E-state index is 12.8. The first-order valence-corrected chi connectivity index (χ1v) is 8.40. The Labute approximate surface area is 136 Å². The molecule has 3 heterocycles. The number of amides is 2.